The molecule has 3 N–H and O–H groups in total. The number of nitrogen functional groups attached to an aromatic ring is 1. The van der Waals surface area contributed by atoms with Crippen LogP contribution in [0.1, 0.15) is 0 Å². The molecule has 114 valence electrons. The van der Waals surface area contributed by atoms with Crippen molar-refractivity contribution >= 4 is 40.2 Å². The number of benzene rings is 3. The minimum absolute atomic E-state index is 0.0839. The van der Waals surface area contributed by atoms with E-state index < -0.39 is 0 Å². The molecule has 0 aliphatic heterocycles. The molecule has 0 bridgehead atoms. The number of anilines is 1. The summed E-state index contributed by atoms with van der Waals surface area (Å²) in [5, 5.41) is 20.4. The molecule has 3 rings (SSSR count). The Labute approximate surface area is 134 Å². The zero-order valence-corrected chi connectivity index (χ0v) is 12.8. The standard InChI is InChI=1S/C18H16N4O/c1-22(2)15-9-3-12-4-10-17(23)18(16(12)11-15)21-20-14-7-5-13(19)6-8-14/h3-11H,1H2,2H3,(H2-,19,20,21,23)/p+1. The molecule has 0 saturated carbocycles. The van der Waals surface area contributed by atoms with E-state index in [1.165, 1.54) is 0 Å². The minimum Gasteiger partial charge on any atom is -0.506 e. The molecule has 0 aliphatic rings. The van der Waals surface area contributed by atoms with E-state index in [2.05, 4.69) is 16.9 Å². The van der Waals surface area contributed by atoms with E-state index in [0.29, 0.717) is 17.1 Å². The van der Waals surface area contributed by atoms with Crippen molar-refractivity contribution in [3.63, 3.8) is 0 Å². The van der Waals surface area contributed by atoms with Gasteiger partial charge in [0.2, 0.25) is 5.69 Å². The van der Waals surface area contributed by atoms with E-state index in [9.17, 15) is 5.11 Å². The third kappa shape index (κ3) is 3.03. The molecule has 0 radical (unpaired) electrons. The van der Waals surface area contributed by atoms with Crippen molar-refractivity contribution in [1.82, 2.24) is 0 Å². The van der Waals surface area contributed by atoms with Crippen LogP contribution < -0.4 is 5.73 Å². The normalized spacial score (nSPS) is 11.2. The number of nitrogens with zero attached hydrogens (tertiary/aromatic N) is 3. The molecular formula is C18H17N4O+. The molecule has 0 aromatic heterocycles. The third-order valence-electron chi connectivity index (χ3n) is 3.55. The molecular weight excluding hydrogens is 288 g/mol. The number of fused-ring (bicyclic) bond motifs is 1. The fraction of sp³-hybridized carbons (Fsp3) is 0.0556. The van der Waals surface area contributed by atoms with Gasteiger partial charge in [0.15, 0.2) is 0 Å². The number of aromatic hydroxyl groups is 1. The summed E-state index contributed by atoms with van der Waals surface area (Å²) in [6.07, 6.45) is 0. The lowest BCUT2D eigenvalue weighted by Crippen LogP contribution is -1.91. The number of nitrogens with two attached hydrogens (primary N) is 1. The summed E-state index contributed by atoms with van der Waals surface area (Å²) in [4.78, 5) is 0. The molecule has 0 aliphatic carbocycles. The number of hydrogen-bond donors (Lipinski definition) is 2. The Bertz CT molecular complexity index is 914. The Balaban J connectivity index is 2.11. The van der Waals surface area contributed by atoms with E-state index in [0.717, 1.165) is 16.5 Å². The van der Waals surface area contributed by atoms with Crippen molar-refractivity contribution in [2.24, 2.45) is 10.2 Å². The van der Waals surface area contributed by atoms with Gasteiger partial charge in [0.05, 0.1) is 5.69 Å². The Morgan fingerprint density at radius 1 is 1.00 bits per heavy atom. The maximum atomic E-state index is 10.2. The third-order valence-corrected chi connectivity index (χ3v) is 3.55. The van der Waals surface area contributed by atoms with Crippen molar-refractivity contribution in [3.05, 3.63) is 54.6 Å². The lowest BCUT2D eigenvalue weighted by molar-refractivity contribution is -0.394. The number of azo groups is 1. The van der Waals surface area contributed by atoms with Gasteiger partial charge in [-0.3, -0.25) is 0 Å². The van der Waals surface area contributed by atoms with Crippen LogP contribution in [0.15, 0.2) is 64.8 Å². The Morgan fingerprint density at radius 2 is 1.70 bits per heavy atom. The molecule has 5 nitrogen and oxygen atoms in total. The molecule has 0 amide bonds. The van der Waals surface area contributed by atoms with Gasteiger partial charge < -0.3 is 10.8 Å². The molecule has 0 unspecified atom stereocenters. The van der Waals surface area contributed by atoms with E-state index >= 15 is 0 Å². The van der Waals surface area contributed by atoms with Crippen molar-refractivity contribution in [2.75, 3.05) is 12.8 Å². The van der Waals surface area contributed by atoms with Crippen molar-refractivity contribution < 1.29 is 9.68 Å². The molecule has 0 saturated heterocycles. The summed E-state index contributed by atoms with van der Waals surface area (Å²) < 4.78 is 1.75. The second kappa shape index (κ2) is 5.88. The van der Waals surface area contributed by atoms with Gasteiger partial charge in [-0.25, -0.2) is 4.58 Å². The average molecular weight is 305 g/mol. The minimum atomic E-state index is 0.0839. The lowest BCUT2D eigenvalue weighted by Gasteiger charge is -2.05. The van der Waals surface area contributed by atoms with Crippen LogP contribution in [0.25, 0.3) is 10.8 Å². The SMILES string of the molecule is C=[N+](C)c1ccc2ccc(O)c(N=Nc3ccc(N)cc3)c2c1. The molecule has 0 fully saturated rings. The van der Waals surface area contributed by atoms with E-state index in [4.69, 9.17) is 5.73 Å². The molecule has 3 aromatic rings. The number of phenolic OH excluding ortho intramolecular Hbond substituents is 1. The van der Waals surface area contributed by atoms with Crippen LogP contribution >= 0.6 is 0 Å². The van der Waals surface area contributed by atoms with Crippen LogP contribution in [0.4, 0.5) is 22.7 Å². The van der Waals surface area contributed by atoms with Crippen LogP contribution in [0, 0.1) is 0 Å². The second-order valence-corrected chi connectivity index (χ2v) is 5.33. The Hall–Kier alpha value is -3.21. The van der Waals surface area contributed by atoms with Crippen LogP contribution in [-0.4, -0.2) is 23.4 Å². The highest BCUT2D eigenvalue weighted by Gasteiger charge is 2.10. The zero-order chi connectivity index (χ0) is 16.4. The summed E-state index contributed by atoms with van der Waals surface area (Å²) >= 11 is 0. The predicted octanol–water partition coefficient (Wildman–Crippen LogP) is 4.52. The quantitative estimate of drug-likeness (QED) is 0.323. The summed E-state index contributed by atoms with van der Waals surface area (Å²) in [7, 11) is 1.86. The van der Waals surface area contributed by atoms with Gasteiger partial charge >= 0.3 is 0 Å². The second-order valence-electron chi connectivity index (χ2n) is 5.33. The molecule has 23 heavy (non-hydrogen) atoms. The predicted molar refractivity (Wildman–Crippen MR) is 93.6 cm³/mol. The molecule has 0 spiro atoms. The van der Waals surface area contributed by atoms with Crippen molar-refractivity contribution in [2.45, 2.75) is 0 Å². The van der Waals surface area contributed by atoms with Gasteiger partial charge in [0.25, 0.3) is 0 Å². The average Bonchev–Trinajstić information content (AvgIpc) is 2.55. The number of hydrogen-bond acceptors (Lipinski definition) is 4. The van der Waals surface area contributed by atoms with Gasteiger partial charge in [0, 0.05) is 23.2 Å². The van der Waals surface area contributed by atoms with E-state index in [1.807, 2.05) is 31.3 Å². The number of phenols is 1. The van der Waals surface area contributed by atoms with Crippen LogP contribution in [0.3, 0.4) is 0 Å². The lowest BCUT2D eigenvalue weighted by atomic mass is 10.1. The van der Waals surface area contributed by atoms with Crippen LogP contribution in [0.2, 0.25) is 0 Å². The van der Waals surface area contributed by atoms with E-state index in [1.54, 1.807) is 34.9 Å². The fourth-order valence-corrected chi connectivity index (χ4v) is 2.27. The van der Waals surface area contributed by atoms with Gasteiger partial charge in [-0.15, -0.1) is 5.11 Å². The van der Waals surface area contributed by atoms with Crippen LogP contribution in [-0.2, 0) is 0 Å². The zero-order valence-electron chi connectivity index (χ0n) is 12.8. The first-order valence-electron chi connectivity index (χ1n) is 7.12. The highest BCUT2D eigenvalue weighted by molar-refractivity contribution is 5.96. The first-order chi connectivity index (χ1) is 11.0. The van der Waals surface area contributed by atoms with Gasteiger partial charge in [-0.2, -0.15) is 5.11 Å². The summed E-state index contributed by atoms with van der Waals surface area (Å²) in [5.74, 6) is 0.0839. The van der Waals surface area contributed by atoms with Crippen molar-refractivity contribution in [3.8, 4) is 5.75 Å². The monoisotopic (exact) mass is 305 g/mol. The smallest absolute Gasteiger partial charge is 0.205 e. The highest BCUT2D eigenvalue weighted by atomic mass is 16.3. The van der Waals surface area contributed by atoms with Gasteiger partial charge in [0.1, 0.15) is 25.2 Å². The molecule has 0 heterocycles. The Morgan fingerprint density at radius 3 is 2.39 bits per heavy atom. The summed E-state index contributed by atoms with van der Waals surface area (Å²) in [5.41, 5.74) is 8.35. The first-order valence-corrected chi connectivity index (χ1v) is 7.12. The number of rotatable bonds is 3. The molecule has 5 heteroatoms. The largest absolute Gasteiger partial charge is 0.506 e. The Kier molecular flexibility index (Phi) is 3.76. The van der Waals surface area contributed by atoms with Gasteiger partial charge in [-0.1, -0.05) is 6.07 Å². The molecule has 0 atom stereocenters. The maximum Gasteiger partial charge on any atom is 0.205 e. The van der Waals surface area contributed by atoms with Crippen LogP contribution in [0.5, 0.6) is 5.75 Å². The summed E-state index contributed by atoms with van der Waals surface area (Å²) in [6, 6.07) is 16.4. The van der Waals surface area contributed by atoms with Crippen molar-refractivity contribution in [1.29, 1.82) is 0 Å². The topological polar surface area (TPSA) is 74.0 Å². The fourth-order valence-electron chi connectivity index (χ4n) is 2.27. The van der Waals surface area contributed by atoms with E-state index in [-0.39, 0.29) is 5.75 Å². The van der Waals surface area contributed by atoms with Gasteiger partial charge in [-0.05, 0) is 41.8 Å². The summed E-state index contributed by atoms with van der Waals surface area (Å²) in [6.45, 7) is 3.87. The first kappa shape index (κ1) is 14.7. The highest BCUT2D eigenvalue weighted by Crippen LogP contribution is 2.37. The maximum absolute atomic E-state index is 10.2. The molecule has 3 aromatic carbocycles.